The van der Waals surface area contributed by atoms with Crippen LogP contribution in [0.25, 0.3) is 0 Å². The van der Waals surface area contributed by atoms with Gasteiger partial charge in [-0.3, -0.25) is 19.2 Å². The highest BCUT2D eigenvalue weighted by Gasteiger charge is 2.29. The van der Waals surface area contributed by atoms with Crippen LogP contribution in [0.15, 0.2) is 0 Å². The number of nitrogens with one attached hydrogen (secondary N) is 2. The van der Waals surface area contributed by atoms with Crippen molar-refractivity contribution >= 4 is 17.5 Å². The summed E-state index contributed by atoms with van der Waals surface area (Å²) >= 11 is 0. The van der Waals surface area contributed by atoms with Crippen LogP contribution in [0, 0.1) is 13.8 Å². The highest BCUT2D eigenvalue weighted by Crippen LogP contribution is 2.18. The van der Waals surface area contributed by atoms with E-state index in [9.17, 15) is 9.59 Å². The number of morpholine rings is 1. The fourth-order valence-electron chi connectivity index (χ4n) is 2.78. The van der Waals surface area contributed by atoms with E-state index in [-0.39, 0.29) is 5.54 Å². The molecule has 0 bridgehead atoms. The van der Waals surface area contributed by atoms with E-state index in [0.717, 1.165) is 18.8 Å². The monoisotopic (exact) mass is 337 g/mol. The SMILES string of the molecule is Cc1nn(C)c(C)c1NC(=O)C(=O)NCC(C)(C)N1CCOCC1. The maximum atomic E-state index is 12.1. The number of anilines is 1. The third-order valence-electron chi connectivity index (χ3n) is 4.50. The first kappa shape index (κ1) is 18.4. The van der Waals surface area contributed by atoms with E-state index in [2.05, 4.69) is 20.6 Å². The summed E-state index contributed by atoms with van der Waals surface area (Å²) in [5.41, 5.74) is 1.84. The predicted octanol–water partition coefficient (Wildman–Crippen LogP) is 0.202. The lowest BCUT2D eigenvalue weighted by atomic mass is 10.0. The van der Waals surface area contributed by atoms with Crippen molar-refractivity contribution in [1.82, 2.24) is 20.0 Å². The van der Waals surface area contributed by atoms with E-state index in [1.54, 1.807) is 18.7 Å². The summed E-state index contributed by atoms with van der Waals surface area (Å²) in [4.78, 5) is 26.5. The molecule has 134 valence electrons. The third-order valence-corrected chi connectivity index (χ3v) is 4.50. The Kier molecular flexibility index (Phi) is 5.61. The molecule has 2 heterocycles. The fraction of sp³-hybridized carbons (Fsp3) is 0.688. The van der Waals surface area contributed by atoms with Gasteiger partial charge in [0.2, 0.25) is 0 Å². The van der Waals surface area contributed by atoms with Gasteiger partial charge in [-0.25, -0.2) is 0 Å². The fourth-order valence-corrected chi connectivity index (χ4v) is 2.78. The zero-order valence-corrected chi connectivity index (χ0v) is 15.1. The number of hydrogen-bond acceptors (Lipinski definition) is 5. The molecular weight excluding hydrogens is 310 g/mol. The Morgan fingerprint density at radius 2 is 1.83 bits per heavy atom. The van der Waals surface area contributed by atoms with Gasteiger partial charge >= 0.3 is 11.8 Å². The van der Waals surface area contributed by atoms with Gasteiger partial charge in [0.15, 0.2) is 0 Å². The molecule has 0 radical (unpaired) electrons. The van der Waals surface area contributed by atoms with Crippen LogP contribution in [0.3, 0.4) is 0 Å². The maximum Gasteiger partial charge on any atom is 0.313 e. The second-order valence-corrected chi connectivity index (χ2v) is 6.72. The molecule has 2 amide bonds. The zero-order chi connectivity index (χ0) is 17.9. The first-order valence-corrected chi connectivity index (χ1v) is 8.14. The Morgan fingerprint density at radius 1 is 1.21 bits per heavy atom. The van der Waals surface area contributed by atoms with Crippen molar-refractivity contribution in [1.29, 1.82) is 0 Å². The number of amides is 2. The van der Waals surface area contributed by atoms with E-state index < -0.39 is 11.8 Å². The van der Waals surface area contributed by atoms with Gasteiger partial charge in [0, 0.05) is 32.2 Å². The summed E-state index contributed by atoms with van der Waals surface area (Å²) in [5, 5.41) is 9.59. The summed E-state index contributed by atoms with van der Waals surface area (Å²) in [6.45, 7) is 11.2. The van der Waals surface area contributed by atoms with Gasteiger partial charge in [0.05, 0.1) is 30.3 Å². The molecule has 2 rings (SSSR count). The molecule has 1 aliphatic rings. The first-order chi connectivity index (χ1) is 11.2. The Bertz CT molecular complexity index is 617. The van der Waals surface area contributed by atoms with Crippen LogP contribution in [0.1, 0.15) is 25.2 Å². The highest BCUT2D eigenvalue weighted by molar-refractivity contribution is 6.39. The van der Waals surface area contributed by atoms with E-state index in [0.29, 0.717) is 31.1 Å². The maximum absolute atomic E-state index is 12.1. The van der Waals surface area contributed by atoms with Gasteiger partial charge in [0.25, 0.3) is 0 Å². The van der Waals surface area contributed by atoms with Crippen LogP contribution >= 0.6 is 0 Å². The third kappa shape index (κ3) is 4.12. The van der Waals surface area contributed by atoms with E-state index in [1.165, 1.54) is 0 Å². The van der Waals surface area contributed by atoms with Crippen molar-refractivity contribution in [2.24, 2.45) is 7.05 Å². The first-order valence-electron chi connectivity index (χ1n) is 8.14. The summed E-state index contributed by atoms with van der Waals surface area (Å²) in [6.07, 6.45) is 0. The Balaban J connectivity index is 1.90. The molecule has 1 aromatic rings. The van der Waals surface area contributed by atoms with E-state index in [4.69, 9.17) is 4.74 Å². The highest BCUT2D eigenvalue weighted by atomic mass is 16.5. The molecule has 0 spiro atoms. The molecule has 0 atom stereocenters. The molecule has 0 aromatic carbocycles. The molecule has 8 heteroatoms. The molecule has 0 aliphatic carbocycles. The average molecular weight is 337 g/mol. The van der Waals surface area contributed by atoms with E-state index >= 15 is 0 Å². The second-order valence-electron chi connectivity index (χ2n) is 6.72. The summed E-state index contributed by atoms with van der Waals surface area (Å²) in [7, 11) is 1.79. The number of rotatable bonds is 4. The predicted molar refractivity (Wildman–Crippen MR) is 90.8 cm³/mol. The Labute approximate surface area is 142 Å². The summed E-state index contributed by atoms with van der Waals surface area (Å²) < 4.78 is 7.02. The van der Waals surface area contributed by atoms with Gasteiger partial charge in [-0.1, -0.05) is 0 Å². The molecular formula is C16H27N5O3. The molecule has 1 saturated heterocycles. The molecule has 8 nitrogen and oxygen atoms in total. The van der Waals surface area contributed by atoms with Gasteiger partial charge in [-0.2, -0.15) is 5.10 Å². The minimum absolute atomic E-state index is 0.236. The second kappa shape index (κ2) is 7.31. The molecule has 1 aliphatic heterocycles. The van der Waals surface area contributed by atoms with E-state index in [1.807, 2.05) is 20.8 Å². The molecule has 2 N–H and O–H groups in total. The van der Waals surface area contributed by atoms with Crippen LogP contribution in [0.2, 0.25) is 0 Å². The standard InChI is InChI=1S/C16H27N5O3/c1-11-13(12(2)20(5)19-11)18-15(23)14(22)17-10-16(3,4)21-6-8-24-9-7-21/h6-10H2,1-5H3,(H,17,22)(H,18,23). The van der Waals surface area contributed by atoms with Crippen molar-refractivity contribution in [3.8, 4) is 0 Å². The van der Waals surface area contributed by atoms with Crippen LogP contribution in [-0.2, 0) is 21.4 Å². The van der Waals surface area contributed by atoms with Crippen LogP contribution in [-0.4, -0.2) is 64.9 Å². The van der Waals surface area contributed by atoms with Crippen molar-refractivity contribution in [2.75, 3.05) is 38.2 Å². The molecule has 1 aromatic heterocycles. The lowest BCUT2D eigenvalue weighted by molar-refractivity contribution is -0.136. The van der Waals surface area contributed by atoms with Crippen LogP contribution in [0.5, 0.6) is 0 Å². The topological polar surface area (TPSA) is 88.5 Å². The number of ether oxygens (including phenoxy) is 1. The number of hydrogen-bond donors (Lipinski definition) is 2. The summed E-state index contributed by atoms with van der Waals surface area (Å²) in [6, 6.07) is 0. The van der Waals surface area contributed by atoms with Crippen molar-refractivity contribution < 1.29 is 14.3 Å². The minimum Gasteiger partial charge on any atom is -0.379 e. The largest absolute Gasteiger partial charge is 0.379 e. The van der Waals surface area contributed by atoms with Gasteiger partial charge < -0.3 is 15.4 Å². The van der Waals surface area contributed by atoms with Gasteiger partial charge in [-0.15, -0.1) is 0 Å². The minimum atomic E-state index is -0.674. The van der Waals surface area contributed by atoms with Crippen molar-refractivity contribution in [3.05, 3.63) is 11.4 Å². The lowest BCUT2D eigenvalue weighted by Crippen LogP contribution is -2.56. The normalized spacial score (nSPS) is 16.0. The van der Waals surface area contributed by atoms with Gasteiger partial charge in [-0.05, 0) is 27.7 Å². The summed E-state index contributed by atoms with van der Waals surface area (Å²) in [5.74, 6) is -1.31. The molecule has 24 heavy (non-hydrogen) atoms. The number of nitrogens with zero attached hydrogens (tertiary/aromatic N) is 3. The number of aryl methyl sites for hydroxylation is 2. The number of carbonyl (C=O) groups excluding carboxylic acids is 2. The van der Waals surface area contributed by atoms with Crippen molar-refractivity contribution in [3.63, 3.8) is 0 Å². The lowest BCUT2D eigenvalue weighted by Gasteiger charge is -2.40. The van der Waals surface area contributed by atoms with Crippen molar-refractivity contribution in [2.45, 2.75) is 33.2 Å². The molecule has 1 fully saturated rings. The zero-order valence-electron chi connectivity index (χ0n) is 15.1. The molecule has 0 unspecified atom stereocenters. The van der Waals surface area contributed by atoms with Crippen LogP contribution in [0.4, 0.5) is 5.69 Å². The average Bonchev–Trinajstić information content (AvgIpc) is 2.79. The number of carbonyl (C=O) groups is 2. The Morgan fingerprint density at radius 3 is 2.38 bits per heavy atom. The Hall–Kier alpha value is -1.93. The number of aromatic nitrogens is 2. The molecule has 0 saturated carbocycles. The van der Waals surface area contributed by atoms with Crippen LogP contribution < -0.4 is 10.6 Å². The van der Waals surface area contributed by atoms with Gasteiger partial charge in [0.1, 0.15) is 0 Å². The quantitative estimate of drug-likeness (QED) is 0.767. The smallest absolute Gasteiger partial charge is 0.313 e.